The van der Waals surface area contributed by atoms with Crippen molar-refractivity contribution in [2.45, 2.75) is 24.5 Å². The molecule has 132 valence electrons. The van der Waals surface area contributed by atoms with E-state index in [4.69, 9.17) is 9.47 Å². The van der Waals surface area contributed by atoms with Crippen molar-refractivity contribution in [2.24, 2.45) is 0 Å². The van der Waals surface area contributed by atoms with Gasteiger partial charge in [0.15, 0.2) is 11.5 Å². The number of rotatable bonds is 4. The Labute approximate surface area is 145 Å². The largest absolute Gasteiger partial charge is 0.465 e. The molecule has 0 bridgehead atoms. The number of carbonyl (C=O) groups is 1. The highest BCUT2D eigenvalue weighted by Crippen LogP contribution is 2.41. The summed E-state index contributed by atoms with van der Waals surface area (Å²) in [4.78, 5) is 11.6. The fourth-order valence-corrected chi connectivity index (χ4v) is 3.72. The number of ether oxygens (including phenoxy) is 3. The lowest BCUT2D eigenvalue weighted by atomic mass is 10.2. The number of anilines is 1. The normalized spacial score (nSPS) is 14.8. The molecule has 2 aromatic rings. The maximum atomic E-state index is 12.7. The molecule has 0 fully saturated rings. The Hall–Kier alpha value is -2.74. The molecule has 3 rings (SSSR count). The summed E-state index contributed by atoms with van der Waals surface area (Å²) in [5, 5.41) is 0. The van der Waals surface area contributed by atoms with Crippen LogP contribution in [0, 0.1) is 0 Å². The number of carbonyl (C=O) groups excluding carboxylic acids is 1. The third-order valence-electron chi connectivity index (χ3n) is 3.49. The molecule has 0 radical (unpaired) electrons. The van der Waals surface area contributed by atoms with Gasteiger partial charge in [-0.3, -0.25) is 4.72 Å². The van der Waals surface area contributed by atoms with Crippen LogP contribution >= 0.6 is 0 Å². The Balaban J connectivity index is 1.93. The summed E-state index contributed by atoms with van der Waals surface area (Å²) in [6, 6.07) is 10.5. The van der Waals surface area contributed by atoms with E-state index in [1.807, 2.05) is 0 Å². The Morgan fingerprint density at radius 3 is 2.48 bits per heavy atom. The predicted molar refractivity (Wildman–Crippen MR) is 90.4 cm³/mol. The lowest BCUT2D eigenvalue weighted by Gasteiger charge is -2.16. The average Bonchev–Trinajstić information content (AvgIpc) is 2.87. The number of hydrogen-bond donors (Lipinski definition) is 1. The predicted octanol–water partition coefficient (Wildman–Crippen LogP) is 2.78. The van der Waals surface area contributed by atoms with Crippen molar-refractivity contribution >= 4 is 21.7 Å². The monoisotopic (exact) mass is 363 g/mol. The van der Waals surface area contributed by atoms with E-state index < -0.39 is 21.8 Å². The van der Waals surface area contributed by atoms with Gasteiger partial charge in [-0.25, -0.2) is 13.2 Å². The van der Waals surface area contributed by atoms with Gasteiger partial charge < -0.3 is 14.2 Å². The van der Waals surface area contributed by atoms with Gasteiger partial charge in [0, 0.05) is 19.9 Å². The highest BCUT2D eigenvalue weighted by Gasteiger charge is 2.32. The lowest BCUT2D eigenvalue weighted by Crippen LogP contribution is -2.29. The fourth-order valence-electron chi connectivity index (χ4n) is 2.48. The van der Waals surface area contributed by atoms with E-state index in [1.54, 1.807) is 32.0 Å². The first-order chi connectivity index (χ1) is 11.7. The summed E-state index contributed by atoms with van der Waals surface area (Å²) in [5.41, 5.74) is 0.249. The van der Waals surface area contributed by atoms with E-state index in [-0.39, 0.29) is 10.5 Å². The second kappa shape index (κ2) is 5.96. The molecule has 25 heavy (non-hydrogen) atoms. The standard InChI is InChI=1S/C17H17NO6S/c1-17(2)23-13-9-8-11(10-14(13)24-17)18-25(20,21)15-7-5-4-6-12(15)16(19)22-3/h4-10,18H,1-3H3. The summed E-state index contributed by atoms with van der Waals surface area (Å²) in [6.45, 7) is 3.51. The first kappa shape index (κ1) is 17.1. The zero-order chi connectivity index (χ0) is 18.2. The molecule has 2 aromatic carbocycles. The maximum Gasteiger partial charge on any atom is 0.339 e. The van der Waals surface area contributed by atoms with Crippen LogP contribution in [0.3, 0.4) is 0 Å². The minimum absolute atomic E-state index is 0.0422. The highest BCUT2D eigenvalue weighted by molar-refractivity contribution is 7.92. The molecule has 0 spiro atoms. The van der Waals surface area contributed by atoms with E-state index in [9.17, 15) is 13.2 Å². The van der Waals surface area contributed by atoms with Gasteiger partial charge >= 0.3 is 5.97 Å². The van der Waals surface area contributed by atoms with E-state index in [1.165, 1.54) is 31.4 Å². The lowest BCUT2D eigenvalue weighted by molar-refractivity contribution is -0.0431. The van der Waals surface area contributed by atoms with Crippen molar-refractivity contribution in [2.75, 3.05) is 11.8 Å². The first-order valence-corrected chi connectivity index (χ1v) is 8.92. The SMILES string of the molecule is COC(=O)c1ccccc1S(=O)(=O)Nc1ccc2c(c1)OC(C)(C)O2. The molecular formula is C17H17NO6S. The van der Waals surface area contributed by atoms with Gasteiger partial charge in [-0.15, -0.1) is 0 Å². The van der Waals surface area contributed by atoms with E-state index in [0.717, 1.165) is 0 Å². The number of nitrogens with one attached hydrogen (secondary N) is 1. The third kappa shape index (κ3) is 3.39. The first-order valence-electron chi connectivity index (χ1n) is 7.44. The molecule has 0 aromatic heterocycles. The smallest absolute Gasteiger partial charge is 0.339 e. The number of esters is 1. The summed E-state index contributed by atoms with van der Waals surface area (Å²) >= 11 is 0. The molecule has 1 N–H and O–H groups in total. The number of fused-ring (bicyclic) bond motifs is 1. The van der Waals surface area contributed by atoms with Gasteiger partial charge in [-0.1, -0.05) is 12.1 Å². The van der Waals surface area contributed by atoms with Crippen molar-refractivity contribution in [1.29, 1.82) is 0 Å². The molecule has 8 heteroatoms. The maximum absolute atomic E-state index is 12.7. The van der Waals surface area contributed by atoms with Crippen molar-refractivity contribution in [3.05, 3.63) is 48.0 Å². The molecular weight excluding hydrogens is 346 g/mol. The Morgan fingerprint density at radius 2 is 1.76 bits per heavy atom. The van der Waals surface area contributed by atoms with Gasteiger partial charge in [-0.2, -0.15) is 0 Å². The molecule has 1 aliphatic heterocycles. The van der Waals surface area contributed by atoms with Gasteiger partial charge in [0.1, 0.15) is 4.90 Å². The molecule has 0 aliphatic carbocycles. The van der Waals surface area contributed by atoms with E-state index in [2.05, 4.69) is 9.46 Å². The number of sulfonamides is 1. The quantitative estimate of drug-likeness (QED) is 0.840. The van der Waals surface area contributed by atoms with Crippen LogP contribution in [0.2, 0.25) is 0 Å². The van der Waals surface area contributed by atoms with Gasteiger partial charge in [-0.05, 0) is 24.3 Å². The zero-order valence-corrected chi connectivity index (χ0v) is 14.7. The number of hydrogen-bond acceptors (Lipinski definition) is 6. The van der Waals surface area contributed by atoms with Crippen LogP contribution in [0.25, 0.3) is 0 Å². The highest BCUT2D eigenvalue weighted by atomic mass is 32.2. The van der Waals surface area contributed by atoms with E-state index in [0.29, 0.717) is 17.2 Å². The minimum atomic E-state index is -3.99. The van der Waals surface area contributed by atoms with Crippen molar-refractivity contribution in [1.82, 2.24) is 0 Å². The molecule has 0 amide bonds. The van der Waals surface area contributed by atoms with Gasteiger partial charge in [0.2, 0.25) is 5.79 Å². The zero-order valence-electron chi connectivity index (χ0n) is 13.9. The average molecular weight is 363 g/mol. The van der Waals surface area contributed by atoms with Crippen LogP contribution in [-0.2, 0) is 14.8 Å². The summed E-state index contributed by atoms with van der Waals surface area (Å²) in [6.07, 6.45) is 0. The Bertz CT molecular complexity index is 936. The van der Waals surface area contributed by atoms with Crippen molar-refractivity contribution < 1.29 is 27.4 Å². The summed E-state index contributed by atoms with van der Waals surface area (Å²) in [7, 11) is -2.80. The van der Waals surface area contributed by atoms with Crippen LogP contribution < -0.4 is 14.2 Å². The topological polar surface area (TPSA) is 90.9 Å². The van der Waals surface area contributed by atoms with Gasteiger partial charge in [0.05, 0.1) is 18.4 Å². The molecule has 1 heterocycles. The molecule has 0 saturated heterocycles. The molecule has 7 nitrogen and oxygen atoms in total. The summed E-state index contributed by atoms with van der Waals surface area (Å²) < 4.78 is 43.6. The third-order valence-corrected chi connectivity index (χ3v) is 4.93. The molecule has 0 saturated carbocycles. The van der Waals surface area contributed by atoms with Crippen LogP contribution in [0.5, 0.6) is 11.5 Å². The minimum Gasteiger partial charge on any atom is -0.465 e. The van der Waals surface area contributed by atoms with Crippen LogP contribution in [0.1, 0.15) is 24.2 Å². The second-order valence-corrected chi connectivity index (χ2v) is 7.51. The van der Waals surface area contributed by atoms with Crippen LogP contribution in [0.15, 0.2) is 47.4 Å². The molecule has 0 unspecified atom stereocenters. The summed E-state index contributed by atoms with van der Waals surface area (Å²) in [5.74, 6) is -0.570. The second-order valence-electron chi connectivity index (χ2n) is 5.86. The Kier molecular flexibility index (Phi) is 4.08. The van der Waals surface area contributed by atoms with Crippen LogP contribution in [-0.4, -0.2) is 27.3 Å². The molecule has 0 atom stereocenters. The van der Waals surface area contributed by atoms with Gasteiger partial charge in [0.25, 0.3) is 10.0 Å². The molecule has 1 aliphatic rings. The van der Waals surface area contributed by atoms with E-state index >= 15 is 0 Å². The Morgan fingerprint density at radius 1 is 1.08 bits per heavy atom. The van der Waals surface area contributed by atoms with Crippen LogP contribution in [0.4, 0.5) is 5.69 Å². The van der Waals surface area contributed by atoms with Crippen molar-refractivity contribution in [3.63, 3.8) is 0 Å². The fraction of sp³-hybridized carbons (Fsp3) is 0.235. The number of methoxy groups -OCH3 is 1. The number of benzene rings is 2. The van der Waals surface area contributed by atoms with Crippen molar-refractivity contribution in [3.8, 4) is 11.5 Å².